The molecule has 2 aromatic carbocycles. The van der Waals surface area contributed by atoms with Gasteiger partial charge in [-0.05, 0) is 54.7 Å². The number of hydrogen-bond acceptors (Lipinski definition) is 3. The average molecular weight is 506 g/mol. The monoisotopic (exact) mass is 505 g/mol. The van der Waals surface area contributed by atoms with E-state index in [1.807, 2.05) is 4.90 Å². The summed E-state index contributed by atoms with van der Waals surface area (Å²) < 4.78 is 35.3. The molecule has 37 heavy (non-hydrogen) atoms. The van der Waals surface area contributed by atoms with Gasteiger partial charge in [-0.3, -0.25) is 9.59 Å². The molecule has 1 aliphatic heterocycles. The molecule has 1 amide bonds. The van der Waals surface area contributed by atoms with Gasteiger partial charge in [0, 0.05) is 60.2 Å². The molecule has 8 heteroatoms. The molecule has 4 aromatic rings. The number of halogens is 2. The maximum Gasteiger partial charge on any atom is 0.274 e. The second-order valence-electron chi connectivity index (χ2n) is 10.6. The smallest absolute Gasteiger partial charge is 0.274 e. The molecule has 1 atom stereocenters. The van der Waals surface area contributed by atoms with Crippen LogP contribution in [0.1, 0.15) is 44.0 Å². The van der Waals surface area contributed by atoms with E-state index in [0.717, 1.165) is 25.0 Å². The standard InChI is InChI=1S/C29H29F2N3O3/c1-29(2,3)25-6-5-13-34(25)27(35)17-7-9-23(37-24-10-8-18(30)15-22(24)31)20(14-17)21-16-33(4)28(36)26-19(21)11-12-32-26/h7-12,14-16,25,32H,5-6,13H2,1-4H3. The lowest BCUT2D eigenvalue weighted by molar-refractivity contribution is 0.0626. The summed E-state index contributed by atoms with van der Waals surface area (Å²) in [5.74, 6) is -1.52. The number of carbonyl (C=O) groups excluding carboxylic acids is 1. The number of benzene rings is 2. The van der Waals surface area contributed by atoms with Crippen LogP contribution in [0.2, 0.25) is 0 Å². The molecule has 0 radical (unpaired) electrons. The number of rotatable bonds is 4. The molecule has 2 aromatic heterocycles. The highest BCUT2D eigenvalue weighted by atomic mass is 19.1. The lowest BCUT2D eigenvalue weighted by Gasteiger charge is -2.35. The Morgan fingerprint density at radius 3 is 2.54 bits per heavy atom. The topological polar surface area (TPSA) is 67.3 Å². The van der Waals surface area contributed by atoms with Crippen molar-refractivity contribution in [3.05, 3.63) is 82.4 Å². The average Bonchev–Trinajstić information content (AvgIpc) is 3.53. The zero-order chi connectivity index (χ0) is 26.5. The number of fused-ring (bicyclic) bond motifs is 1. The van der Waals surface area contributed by atoms with Crippen molar-refractivity contribution in [2.24, 2.45) is 12.5 Å². The second-order valence-corrected chi connectivity index (χ2v) is 10.6. The Morgan fingerprint density at radius 1 is 1.05 bits per heavy atom. The molecule has 1 fully saturated rings. The second kappa shape index (κ2) is 9.18. The highest BCUT2D eigenvalue weighted by Crippen LogP contribution is 2.39. The molecular formula is C29H29F2N3O3. The Labute approximate surface area is 213 Å². The Morgan fingerprint density at radius 2 is 1.81 bits per heavy atom. The number of aryl methyl sites for hydroxylation is 1. The molecule has 0 aliphatic carbocycles. The van der Waals surface area contributed by atoms with Gasteiger partial charge in [0.1, 0.15) is 17.1 Å². The molecular weight excluding hydrogens is 476 g/mol. The SMILES string of the molecule is Cn1cc(-c2cc(C(=O)N3CCCC3C(C)(C)C)ccc2Oc2ccc(F)cc2F)c2cc[nH]c2c1=O. The first-order chi connectivity index (χ1) is 17.5. The number of H-pyrrole nitrogens is 1. The van der Waals surface area contributed by atoms with Gasteiger partial charge in [0.2, 0.25) is 0 Å². The Hall–Kier alpha value is -3.94. The summed E-state index contributed by atoms with van der Waals surface area (Å²) in [6, 6.07) is 9.99. The van der Waals surface area contributed by atoms with Crippen LogP contribution in [-0.4, -0.2) is 32.9 Å². The van der Waals surface area contributed by atoms with Crippen LogP contribution in [-0.2, 0) is 7.05 Å². The summed E-state index contributed by atoms with van der Waals surface area (Å²) in [6.07, 6.45) is 5.22. The predicted octanol–water partition coefficient (Wildman–Crippen LogP) is 6.25. The zero-order valence-corrected chi connectivity index (χ0v) is 21.3. The van der Waals surface area contributed by atoms with E-state index in [1.54, 1.807) is 43.7 Å². The van der Waals surface area contributed by atoms with Crippen LogP contribution in [0.4, 0.5) is 8.78 Å². The van der Waals surface area contributed by atoms with Crippen LogP contribution in [0, 0.1) is 17.0 Å². The minimum absolute atomic E-state index is 0.0624. The van der Waals surface area contributed by atoms with Gasteiger partial charge in [-0.25, -0.2) is 8.78 Å². The Balaban J connectivity index is 1.66. The van der Waals surface area contributed by atoms with Crippen molar-refractivity contribution in [1.29, 1.82) is 0 Å². The molecule has 1 aliphatic rings. The maximum absolute atomic E-state index is 14.5. The van der Waals surface area contributed by atoms with Gasteiger partial charge < -0.3 is 19.2 Å². The molecule has 0 spiro atoms. The molecule has 0 bridgehead atoms. The molecule has 3 heterocycles. The van der Waals surface area contributed by atoms with E-state index in [0.29, 0.717) is 34.1 Å². The van der Waals surface area contributed by atoms with Gasteiger partial charge in [-0.2, -0.15) is 0 Å². The van der Waals surface area contributed by atoms with Crippen molar-refractivity contribution in [2.45, 2.75) is 39.7 Å². The van der Waals surface area contributed by atoms with Crippen molar-refractivity contribution < 1.29 is 18.3 Å². The van der Waals surface area contributed by atoms with Gasteiger partial charge in [0.15, 0.2) is 11.6 Å². The Bertz CT molecular complexity index is 1570. The predicted molar refractivity (Wildman–Crippen MR) is 139 cm³/mol. The number of hydrogen-bond donors (Lipinski definition) is 1. The lowest BCUT2D eigenvalue weighted by atomic mass is 9.85. The molecule has 0 saturated carbocycles. The number of carbonyl (C=O) groups is 1. The zero-order valence-electron chi connectivity index (χ0n) is 21.3. The van der Waals surface area contributed by atoms with Crippen molar-refractivity contribution >= 4 is 16.8 Å². The number of nitrogens with zero attached hydrogens (tertiary/aromatic N) is 2. The van der Waals surface area contributed by atoms with Gasteiger partial charge in [-0.15, -0.1) is 0 Å². The fourth-order valence-corrected chi connectivity index (χ4v) is 5.20. The first kappa shape index (κ1) is 24.7. The van der Waals surface area contributed by atoms with Gasteiger partial charge in [0.05, 0.1) is 0 Å². The van der Waals surface area contributed by atoms with Crippen LogP contribution >= 0.6 is 0 Å². The van der Waals surface area contributed by atoms with Crippen molar-refractivity contribution in [2.75, 3.05) is 6.54 Å². The van der Waals surface area contributed by atoms with Crippen LogP contribution in [0.5, 0.6) is 11.5 Å². The van der Waals surface area contributed by atoms with Crippen LogP contribution in [0.15, 0.2) is 59.7 Å². The maximum atomic E-state index is 14.5. The summed E-state index contributed by atoms with van der Waals surface area (Å²) in [7, 11) is 1.64. The van der Waals surface area contributed by atoms with Gasteiger partial charge >= 0.3 is 0 Å². The first-order valence-electron chi connectivity index (χ1n) is 12.3. The lowest BCUT2D eigenvalue weighted by Crippen LogP contribution is -2.43. The van der Waals surface area contributed by atoms with Crippen molar-refractivity contribution in [3.8, 4) is 22.6 Å². The van der Waals surface area contributed by atoms with E-state index < -0.39 is 11.6 Å². The summed E-state index contributed by atoms with van der Waals surface area (Å²) >= 11 is 0. The number of pyridine rings is 1. The summed E-state index contributed by atoms with van der Waals surface area (Å²) in [4.78, 5) is 31.3. The van der Waals surface area contributed by atoms with Crippen LogP contribution in [0.3, 0.4) is 0 Å². The highest BCUT2D eigenvalue weighted by molar-refractivity contribution is 6.00. The van der Waals surface area contributed by atoms with E-state index in [2.05, 4.69) is 25.8 Å². The minimum Gasteiger partial charge on any atom is -0.454 e. The fourth-order valence-electron chi connectivity index (χ4n) is 5.20. The summed E-state index contributed by atoms with van der Waals surface area (Å²) in [5, 5.41) is 0.644. The number of aromatic amines is 1. The fraction of sp³-hybridized carbons (Fsp3) is 0.310. The number of likely N-dealkylation sites (tertiary alicyclic amines) is 1. The van der Waals surface area contributed by atoms with Gasteiger partial charge in [0.25, 0.3) is 11.5 Å². The first-order valence-corrected chi connectivity index (χ1v) is 12.3. The number of aromatic nitrogens is 2. The molecule has 1 saturated heterocycles. The van der Waals surface area contributed by atoms with E-state index in [-0.39, 0.29) is 34.4 Å². The van der Waals surface area contributed by atoms with E-state index in [1.165, 1.54) is 10.6 Å². The molecule has 1 unspecified atom stereocenters. The molecule has 192 valence electrons. The van der Waals surface area contributed by atoms with Crippen LogP contribution in [0.25, 0.3) is 22.0 Å². The summed E-state index contributed by atoms with van der Waals surface area (Å²) in [6.45, 7) is 7.08. The minimum atomic E-state index is -0.844. The molecule has 5 rings (SSSR count). The largest absolute Gasteiger partial charge is 0.454 e. The van der Waals surface area contributed by atoms with E-state index in [9.17, 15) is 18.4 Å². The van der Waals surface area contributed by atoms with Crippen molar-refractivity contribution in [1.82, 2.24) is 14.5 Å². The summed E-state index contributed by atoms with van der Waals surface area (Å²) in [5.41, 5.74) is 1.76. The number of ether oxygens (including phenoxy) is 1. The number of nitrogens with one attached hydrogen (secondary N) is 1. The quantitative estimate of drug-likeness (QED) is 0.356. The Kier molecular flexibility index (Phi) is 6.14. The van der Waals surface area contributed by atoms with Gasteiger partial charge in [-0.1, -0.05) is 20.8 Å². The molecule has 6 nitrogen and oxygen atoms in total. The third-order valence-electron chi connectivity index (χ3n) is 7.04. The van der Waals surface area contributed by atoms with E-state index in [4.69, 9.17) is 4.74 Å². The van der Waals surface area contributed by atoms with E-state index >= 15 is 0 Å². The van der Waals surface area contributed by atoms with Crippen LogP contribution < -0.4 is 10.3 Å². The third-order valence-corrected chi connectivity index (χ3v) is 7.04. The highest BCUT2D eigenvalue weighted by Gasteiger charge is 2.37. The number of amides is 1. The normalized spacial score (nSPS) is 15.9. The van der Waals surface area contributed by atoms with Crippen molar-refractivity contribution in [3.63, 3.8) is 0 Å². The molecule has 1 N–H and O–H groups in total. The third kappa shape index (κ3) is 4.52.